The molecule has 9 heteroatoms. The molecule has 0 radical (unpaired) electrons. The molecule has 152 valence electrons. The first-order valence-corrected chi connectivity index (χ1v) is 10.7. The monoisotopic (exact) mass is 416 g/mol. The Kier molecular flexibility index (Phi) is 5.50. The van der Waals surface area contributed by atoms with Crippen molar-refractivity contribution >= 4 is 16.0 Å². The van der Waals surface area contributed by atoms with E-state index in [1.807, 2.05) is 0 Å². The molecule has 0 atom stereocenters. The molecule has 0 spiro atoms. The van der Waals surface area contributed by atoms with Crippen LogP contribution in [0.3, 0.4) is 0 Å². The molecule has 0 N–H and O–H groups in total. The van der Waals surface area contributed by atoms with Crippen molar-refractivity contribution in [1.29, 1.82) is 0 Å². The Hall–Kier alpha value is -2.91. The van der Waals surface area contributed by atoms with Gasteiger partial charge in [-0.05, 0) is 49.2 Å². The summed E-state index contributed by atoms with van der Waals surface area (Å²) in [5.41, 5.74) is 0.700. The summed E-state index contributed by atoms with van der Waals surface area (Å²) in [6.45, 7) is 0.991. The number of aromatic nitrogens is 1. The third-order valence-electron chi connectivity index (χ3n) is 4.72. The summed E-state index contributed by atoms with van der Waals surface area (Å²) >= 11 is 0. The summed E-state index contributed by atoms with van der Waals surface area (Å²) in [5.74, 6) is 0.392. The lowest BCUT2D eigenvalue weighted by atomic mass is 10.2. The summed E-state index contributed by atoms with van der Waals surface area (Å²) in [6, 6.07) is 10.9. The Morgan fingerprint density at radius 1 is 1.07 bits per heavy atom. The zero-order valence-electron chi connectivity index (χ0n) is 15.6. The number of ether oxygens (including phenoxy) is 1. The minimum Gasteiger partial charge on any atom is -0.461 e. The lowest BCUT2D eigenvalue weighted by Gasteiger charge is -2.25. The van der Waals surface area contributed by atoms with E-state index in [0.717, 1.165) is 19.3 Å². The van der Waals surface area contributed by atoms with Gasteiger partial charge in [0, 0.05) is 19.2 Å². The Labute approximate surface area is 168 Å². The highest BCUT2D eigenvalue weighted by atomic mass is 32.2. The third-order valence-corrected chi connectivity index (χ3v) is 6.63. The van der Waals surface area contributed by atoms with Gasteiger partial charge in [0.2, 0.25) is 15.8 Å². The zero-order valence-corrected chi connectivity index (χ0v) is 16.4. The van der Waals surface area contributed by atoms with Gasteiger partial charge in [0.1, 0.15) is 12.3 Å². The van der Waals surface area contributed by atoms with Gasteiger partial charge in [-0.1, -0.05) is 11.6 Å². The molecule has 29 heavy (non-hydrogen) atoms. The van der Waals surface area contributed by atoms with Gasteiger partial charge in [0.15, 0.2) is 5.76 Å². The minimum atomic E-state index is -3.53. The second-order valence-corrected chi connectivity index (χ2v) is 8.66. The summed E-state index contributed by atoms with van der Waals surface area (Å²) in [4.78, 5) is 12.4. The maximum absolute atomic E-state index is 12.7. The van der Waals surface area contributed by atoms with Crippen molar-refractivity contribution in [2.75, 3.05) is 13.1 Å². The van der Waals surface area contributed by atoms with Crippen LogP contribution in [-0.2, 0) is 21.4 Å². The van der Waals surface area contributed by atoms with E-state index in [1.165, 1.54) is 34.8 Å². The lowest BCUT2D eigenvalue weighted by Crippen LogP contribution is -2.35. The number of sulfonamides is 1. The summed E-state index contributed by atoms with van der Waals surface area (Å²) in [5, 5.41) is 3.84. The minimum absolute atomic E-state index is 0.0725. The van der Waals surface area contributed by atoms with E-state index in [2.05, 4.69) is 5.16 Å². The zero-order chi connectivity index (χ0) is 20.3. The van der Waals surface area contributed by atoms with Crippen LogP contribution in [0.2, 0.25) is 0 Å². The largest absolute Gasteiger partial charge is 0.461 e. The van der Waals surface area contributed by atoms with Gasteiger partial charge in [0.05, 0.1) is 16.7 Å². The lowest BCUT2D eigenvalue weighted by molar-refractivity contribution is 0.0464. The standard InChI is InChI=1S/C20H20N2O6S/c23-20(27-14-16-13-19(28-21-16)18-5-4-12-26-18)15-6-8-17(9-7-15)29(24,25)22-10-2-1-3-11-22/h4-9,12-13H,1-3,10-11,14H2. The van der Waals surface area contributed by atoms with Crippen LogP contribution in [0.1, 0.15) is 35.3 Å². The number of piperidine rings is 1. The molecule has 8 nitrogen and oxygen atoms in total. The number of esters is 1. The Morgan fingerprint density at radius 3 is 2.52 bits per heavy atom. The van der Waals surface area contributed by atoms with E-state index in [-0.39, 0.29) is 17.1 Å². The molecule has 0 bridgehead atoms. The van der Waals surface area contributed by atoms with Crippen LogP contribution in [0.4, 0.5) is 0 Å². The Bertz CT molecular complexity index is 1060. The maximum Gasteiger partial charge on any atom is 0.338 e. The fourth-order valence-electron chi connectivity index (χ4n) is 3.15. The molecular weight excluding hydrogens is 396 g/mol. The van der Waals surface area contributed by atoms with Crippen LogP contribution in [0, 0.1) is 0 Å². The molecule has 0 aliphatic carbocycles. The molecule has 1 saturated heterocycles. The summed E-state index contributed by atoms with van der Waals surface area (Å²) < 4.78 is 42.4. The first-order chi connectivity index (χ1) is 14.0. The number of benzene rings is 1. The van der Waals surface area contributed by atoms with Crippen molar-refractivity contribution in [2.45, 2.75) is 30.8 Å². The first kappa shape index (κ1) is 19.4. The first-order valence-electron chi connectivity index (χ1n) is 9.31. The second kappa shape index (κ2) is 8.22. The second-order valence-electron chi connectivity index (χ2n) is 6.73. The highest BCUT2D eigenvalue weighted by Crippen LogP contribution is 2.22. The molecule has 1 aliphatic rings. The molecular formula is C20H20N2O6S. The van der Waals surface area contributed by atoms with Gasteiger partial charge in [-0.3, -0.25) is 0 Å². The van der Waals surface area contributed by atoms with Gasteiger partial charge in [-0.15, -0.1) is 0 Å². The number of furan rings is 1. The van der Waals surface area contributed by atoms with Crippen molar-refractivity contribution in [3.63, 3.8) is 0 Å². The van der Waals surface area contributed by atoms with E-state index >= 15 is 0 Å². The number of nitrogens with zero attached hydrogens (tertiary/aromatic N) is 2. The fraction of sp³-hybridized carbons (Fsp3) is 0.300. The normalized spacial score (nSPS) is 15.3. The molecule has 1 aromatic carbocycles. The molecule has 2 aromatic heterocycles. The van der Waals surface area contributed by atoms with Gasteiger partial charge >= 0.3 is 5.97 Å². The van der Waals surface area contributed by atoms with E-state index < -0.39 is 16.0 Å². The molecule has 0 saturated carbocycles. The number of hydrogen-bond donors (Lipinski definition) is 0. The average Bonchev–Trinajstić information content (AvgIpc) is 3.44. The van der Waals surface area contributed by atoms with Crippen LogP contribution in [-0.4, -0.2) is 36.9 Å². The van der Waals surface area contributed by atoms with Crippen LogP contribution in [0.5, 0.6) is 0 Å². The summed E-state index contributed by atoms with van der Waals surface area (Å²) in [7, 11) is -3.53. The van der Waals surface area contributed by atoms with Gasteiger partial charge in [0.25, 0.3) is 0 Å². The average molecular weight is 416 g/mol. The third kappa shape index (κ3) is 4.25. The van der Waals surface area contributed by atoms with Gasteiger partial charge in [-0.25, -0.2) is 13.2 Å². The van der Waals surface area contributed by atoms with Crippen LogP contribution < -0.4 is 0 Å². The molecule has 0 amide bonds. The van der Waals surface area contributed by atoms with E-state index in [9.17, 15) is 13.2 Å². The van der Waals surface area contributed by atoms with Crippen molar-refractivity contribution in [1.82, 2.24) is 9.46 Å². The predicted octanol–water partition coefficient (Wildman–Crippen LogP) is 3.47. The van der Waals surface area contributed by atoms with Crippen molar-refractivity contribution < 1.29 is 26.9 Å². The van der Waals surface area contributed by atoms with Crippen LogP contribution in [0.15, 0.2) is 62.6 Å². The Balaban J connectivity index is 1.38. The van der Waals surface area contributed by atoms with Crippen LogP contribution in [0.25, 0.3) is 11.5 Å². The number of rotatable bonds is 6. The number of hydrogen-bond acceptors (Lipinski definition) is 7. The molecule has 4 rings (SSSR count). The van der Waals surface area contributed by atoms with Crippen LogP contribution >= 0.6 is 0 Å². The van der Waals surface area contributed by atoms with E-state index in [0.29, 0.717) is 30.3 Å². The number of carbonyl (C=O) groups is 1. The molecule has 1 aliphatic heterocycles. The highest BCUT2D eigenvalue weighted by Gasteiger charge is 2.26. The van der Waals surface area contributed by atoms with Crippen molar-refractivity contribution in [2.24, 2.45) is 0 Å². The molecule has 3 heterocycles. The summed E-state index contributed by atoms with van der Waals surface area (Å²) in [6.07, 6.45) is 4.30. The SMILES string of the molecule is O=C(OCc1cc(-c2ccco2)on1)c1ccc(S(=O)(=O)N2CCCCC2)cc1. The Morgan fingerprint density at radius 2 is 1.83 bits per heavy atom. The fourth-order valence-corrected chi connectivity index (χ4v) is 4.67. The van der Waals surface area contributed by atoms with E-state index in [1.54, 1.807) is 18.2 Å². The molecule has 0 unspecified atom stereocenters. The highest BCUT2D eigenvalue weighted by molar-refractivity contribution is 7.89. The topological polar surface area (TPSA) is 103 Å². The van der Waals surface area contributed by atoms with Gasteiger partial charge < -0.3 is 13.7 Å². The predicted molar refractivity (Wildman–Crippen MR) is 102 cm³/mol. The molecule has 1 fully saturated rings. The molecule has 3 aromatic rings. The number of carbonyl (C=O) groups excluding carboxylic acids is 1. The van der Waals surface area contributed by atoms with E-state index in [4.69, 9.17) is 13.7 Å². The maximum atomic E-state index is 12.7. The quantitative estimate of drug-likeness (QED) is 0.567. The smallest absolute Gasteiger partial charge is 0.338 e. The van der Waals surface area contributed by atoms with Crippen molar-refractivity contribution in [3.05, 3.63) is 60.0 Å². The van der Waals surface area contributed by atoms with Gasteiger partial charge in [-0.2, -0.15) is 4.31 Å². The van der Waals surface area contributed by atoms with Crippen molar-refractivity contribution in [3.8, 4) is 11.5 Å².